The number of carbonyl (C=O) groups is 3. The molecule has 1 saturated heterocycles. The number of carboxylic acid groups (broad SMARTS) is 1. The van der Waals surface area contributed by atoms with Crippen LogP contribution in [-0.2, 0) is 11.3 Å². The number of pyridine rings is 1. The maximum Gasteiger partial charge on any atom is 0.345 e. The van der Waals surface area contributed by atoms with Crippen LogP contribution in [0.2, 0.25) is 0 Å². The van der Waals surface area contributed by atoms with Gasteiger partial charge in [0, 0.05) is 17.0 Å². The van der Waals surface area contributed by atoms with Gasteiger partial charge in [0.15, 0.2) is 0 Å². The smallest absolute Gasteiger partial charge is 0.345 e. The highest BCUT2D eigenvalue weighted by atomic mass is 32.1. The van der Waals surface area contributed by atoms with Crippen molar-refractivity contribution < 1.29 is 33.4 Å². The van der Waals surface area contributed by atoms with Crippen LogP contribution in [-0.4, -0.2) is 46.0 Å². The van der Waals surface area contributed by atoms with Gasteiger partial charge in [0.2, 0.25) is 0 Å². The standard InChI is InChI=1S/C25H21FN2O6S/c1-2-33-25(32)19-15(12-34-14-7-5-13(26)6-8-14)27-22-16-4-3-11-28(16)23(29)21(22)20(19)17-9-10-18(35-17)24(30)31/h5-10,16H,2-4,11-12H2,1H3,(H,30,31)/t16-/m0/s1. The Kier molecular flexibility index (Phi) is 5.98. The molecule has 8 nitrogen and oxygen atoms in total. The van der Waals surface area contributed by atoms with Crippen LogP contribution in [0.15, 0.2) is 36.4 Å². The van der Waals surface area contributed by atoms with Gasteiger partial charge in [0.05, 0.1) is 35.2 Å². The first-order chi connectivity index (χ1) is 16.9. The molecule has 1 N–H and O–H groups in total. The van der Waals surface area contributed by atoms with Gasteiger partial charge in [-0.1, -0.05) is 0 Å². The molecule has 0 bridgehead atoms. The molecule has 5 rings (SSSR count). The van der Waals surface area contributed by atoms with Gasteiger partial charge in [-0.3, -0.25) is 9.78 Å². The summed E-state index contributed by atoms with van der Waals surface area (Å²) in [5.74, 6) is -2.04. The topological polar surface area (TPSA) is 106 Å². The number of carbonyl (C=O) groups excluding carboxylic acids is 2. The Bertz CT molecular complexity index is 1340. The monoisotopic (exact) mass is 496 g/mol. The third-order valence-corrected chi connectivity index (χ3v) is 7.17. The molecule has 35 heavy (non-hydrogen) atoms. The lowest BCUT2D eigenvalue weighted by Gasteiger charge is -2.17. The van der Waals surface area contributed by atoms with Gasteiger partial charge < -0.3 is 19.5 Å². The van der Waals surface area contributed by atoms with E-state index in [0.717, 1.165) is 24.2 Å². The van der Waals surface area contributed by atoms with Crippen LogP contribution in [0.4, 0.5) is 4.39 Å². The molecule has 1 fully saturated rings. The summed E-state index contributed by atoms with van der Waals surface area (Å²) >= 11 is 0.976. The number of ether oxygens (including phenoxy) is 2. The molecular formula is C25H21FN2O6S. The van der Waals surface area contributed by atoms with Crippen molar-refractivity contribution in [3.8, 4) is 16.2 Å². The van der Waals surface area contributed by atoms with Gasteiger partial charge in [-0.05, 0) is 56.2 Å². The Balaban J connectivity index is 1.70. The number of thiophene rings is 1. The van der Waals surface area contributed by atoms with Crippen molar-refractivity contribution in [2.75, 3.05) is 13.2 Å². The van der Waals surface area contributed by atoms with Crippen molar-refractivity contribution >= 4 is 29.2 Å². The van der Waals surface area contributed by atoms with Crippen molar-refractivity contribution in [3.63, 3.8) is 0 Å². The lowest BCUT2D eigenvalue weighted by molar-refractivity contribution is 0.0523. The highest BCUT2D eigenvalue weighted by Crippen LogP contribution is 2.46. The van der Waals surface area contributed by atoms with Crippen LogP contribution < -0.4 is 4.74 Å². The normalized spacial score (nSPS) is 16.2. The predicted molar refractivity (Wildman–Crippen MR) is 124 cm³/mol. The van der Waals surface area contributed by atoms with Crippen LogP contribution in [0.3, 0.4) is 0 Å². The molecule has 2 aliphatic heterocycles. The second kappa shape index (κ2) is 9.10. The van der Waals surface area contributed by atoms with Crippen LogP contribution in [0.25, 0.3) is 10.4 Å². The van der Waals surface area contributed by atoms with Crippen molar-refractivity contribution in [1.82, 2.24) is 9.88 Å². The van der Waals surface area contributed by atoms with Crippen molar-refractivity contribution in [2.24, 2.45) is 0 Å². The van der Waals surface area contributed by atoms with E-state index in [9.17, 15) is 23.9 Å². The zero-order valence-corrected chi connectivity index (χ0v) is 19.6. The Labute approximate surface area is 203 Å². The molecule has 1 amide bonds. The van der Waals surface area contributed by atoms with Crippen LogP contribution in [0, 0.1) is 5.82 Å². The summed E-state index contributed by atoms with van der Waals surface area (Å²) in [6.45, 7) is 2.22. The molecule has 4 heterocycles. The first-order valence-corrected chi connectivity index (χ1v) is 12.0. The zero-order valence-electron chi connectivity index (χ0n) is 18.7. The lowest BCUT2D eigenvalue weighted by atomic mass is 9.95. The molecular weight excluding hydrogens is 475 g/mol. The highest BCUT2D eigenvalue weighted by molar-refractivity contribution is 7.17. The average molecular weight is 497 g/mol. The number of benzene rings is 1. The van der Waals surface area contributed by atoms with Gasteiger partial charge >= 0.3 is 11.9 Å². The molecule has 1 aromatic carbocycles. The summed E-state index contributed by atoms with van der Waals surface area (Å²) in [7, 11) is 0. The molecule has 3 aromatic rings. The molecule has 0 aliphatic carbocycles. The van der Waals surface area contributed by atoms with Gasteiger partial charge in [0.25, 0.3) is 5.91 Å². The summed E-state index contributed by atoms with van der Waals surface area (Å²) in [6.07, 6.45) is 1.59. The fraction of sp³-hybridized carbons (Fsp3) is 0.280. The van der Waals surface area contributed by atoms with Crippen LogP contribution >= 0.6 is 11.3 Å². The highest BCUT2D eigenvalue weighted by Gasteiger charge is 2.45. The lowest BCUT2D eigenvalue weighted by Crippen LogP contribution is -2.23. The largest absolute Gasteiger partial charge is 0.487 e. The molecule has 2 aliphatic rings. The Hall–Kier alpha value is -3.79. The minimum Gasteiger partial charge on any atom is -0.487 e. The molecule has 0 saturated carbocycles. The van der Waals surface area contributed by atoms with Crippen LogP contribution in [0.5, 0.6) is 5.75 Å². The van der Waals surface area contributed by atoms with Gasteiger partial charge in [-0.25, -0.2) is 14.0 Å². The summed E-state index contributed by atoms with van der Waals surface area (Å²) in [5, 5.41) is 9.45. The molecule has 0 radical (unpaired) electrons. The van der Waals surface area contributed by atoms with E-state index in [2.05, 4.69) is 0 Å². The number of carboxylic acids is 1. The molecule has 1 atom stereocenters. The van der Waals surface area contributed by atoms with Crippen LogP contribution in [0.1, 0.15) is 67.6 Å². The minimum atomic E-state index is -1.10. The number of rotatable bonds is 7. The molecule has 10 heteroatoms. The summed E-state index contributed by atoms with van der Waals surface area (Å²) in [5.41, 5.74) is 1.53. The number of fused-ring (bicyclic) bond motifs is 3. The quantitative estimate of drug-likeness (QED) is 0.473. The minimum absolute atomic E-state index is 0.0704. The predicted octanol–water partition coefficient (Wildman–Crippen LogP) is 4.69. The third kappa shape index (κ3) is 4.03. The second-order valence-corrected chi connectivity index (χ2v) is 9.24. The van der Waals surface area contributed by atoms with E-state index in [1.54, 1.807) is 17.9 Å². The van der Waals surface area contributed by atoms with E-state index in [0.29, 0.717) is 34.0 Å². The molecule has 0 unspecified atom stereocenters. The molecule has 180 valence electrons. The van der Waals surface area contributed by atoms with E-state index in [-0.39, 0.29) is 41.3 Å². The van der Waals surface area contributed by atoms with Crippen molar-refractivity contribution in [2.45, 2.75) is 32.4 Å². The fourth-order valence-electron chi connectivity index (χ4n) is 4.59. The maximum absolute atomic E-state index is 13.4. The second-order valence-electron chi connectivity index (χ2n) is 8.16. The van der Waals surface area contributed by atoms with E-state index >= 15 is 0 Å². The van der Waals surface area contributed by atoms with Gasteiger partial charge in [0.1, 0.15) is 23.1 Å². The van der Waals surface area contributed by atoms with Gasteiger partial charge in [-0.2, -0.15) is 0 Å². The Morgan fingerprint density at radius 3 is 2.66 bits per heavy atom. The SMILES string of the molecule is CCOC(=O)c1c(COc2ccc(F)cc2)nc2c(c1-c1ccc(C(=O)O)s1)C(=O)N1CCC[C@@H]21. The van der Waals surface area contributed by atoms with Crippen molar-refractivity contribution in [1.29, 1.82) is 0 Å². The number of esters is 1. The molecule has 2 aromatic heterocycles. The van der Waals surface area contributed by atoms with E-state index in [1.165, 1.54) is 30.3 Å². The summed E-state index contributed by atoms with van der Waals surface area (Å²) in [6, 6.07) is 8.28. The van der Waals surface area contributed by atoms with E-state index in [4.69, 9.17) is 14.5 Å². The molecule has 0 spiro atoms. The number of halogens is 1. The summed E-state index contributed by atoms with van der Waals surface area (Å²) < 4.78 is 24.5. The average Bonchev–Trinajstić information content (AvgIpc) is 3.57. The summed E-state index contributed by atoms with van der Waals surface area (Å²) in [4.78, 5) is 45.2. The van der Waals surface area contributed by atoms with E-state index < -0.39 is 17.8 Å². The Morgan fingerprint density at radius 1 is 1.20 bits per heavy atom. The first-order valence-electron chi connectivity index (χ1n) is 11.2. The fourth-order valence-corrected chi connectivity index (χ4v) is 5.50. The zero-order chi connectivity index (χ0) is 24.7. The first kappa shape index (κ1) is 23.0. The van der Waals surface area contributed by atoms with Crippen molar-refractivity contribution in [3.05, 3.63) is 69.6 Å². The third-order valence-electron chi connectivity index (χ3n) is 6.08. The van der Waals surface area contributed by atoms with Gasteiger partial charge in [-0.15, -0.1) is 11.3 Å². The number of aromatic nitrogens is 1. The number of hydrogen-bond acceptors (Lipinski definition) is 7. The number of aromatic carboxylic acids is 1. The number of hydrogen-bond donors (Lipinski definition) is 1. The number of amides is 1. The maximum atomic E-state index is 13.4. The van der Waals surface area contributed by atoms with E-state index in [1.807, 2.05) is 0 Å². The number of nitrogens with zero attached hydrogens (tertiary/aromatic N) is 2. The Morgan fingerprint density at radius 2 is 1.97 bits per heavy atom.